The third-order valence-electron chi connectivity index (χ3n) is 3.53. The van der Waals surface area contributed by atoms with E-state index in [2.05, 4.69) is 14.0 Å². The number of rotatable bonds is 8. The predicted octanol–water partition coefficient (Wildman–Crippen LogP) is 1.33. The van der Waals surface area contributed by atoms with Crippen LogP contribution in [0.2, 0.25) is 0 Å². The number of benzene rings is 1. The smallest absolute Gasteiger partial charge is 0.404 e. The van der Waals surface area contributed by atoms with Gasteiger partial charge in [0, 0.05) is 23.5 Å². The third kappa shape index (κ3) is 6.54. The van der Waals surface area contributed by atoms with Crippen LogP contribution in [0.3, 0.4) is 0 Å². The highest BCUT2D eigenvalue weighted by atomic mass is 31.2. The first kappa shape index (κ1) is 20.1. The number of phosphoric ester groups is 2. The van der Waals surface area contributed by atoms with Crippen molar-refractivity contribution in [3.05, 3.63) is 30.0 Å². The molecule has 0 radical (unpaired) electrons. The summed E-state index contributed by atoms with van der Waals surface area (Å²) in [5, 5.41) is 0.752. The number of hydrogen-bond acceptors (Lipinski definition) is 4. The van der Waals surface area contributed by atoms with E-state index >= 15 is 0 Å². The number of aromatic nitrogens is 1. The third-order valence-corrected chi connectivity index (χ3v) is 4.43. The van der Waals surface area contributed by atoms with E-state index in [1.165, 1.54) is 12.1 Å². The van der Waals surface area contributed by atoms with Crippen LogP contribution in [0.15, 0.2) is 24.4 Å². The molecule has 12 heteroatoms. The molecule has 140 valence electrons. The van der Waals surface area contributed by atoms with Gasteiger partial charge in [0.05, 0.1) is 20.6 Å². The predicted molar refractivity (Wildman–Crippen MR) is 89.6 cm³/mol. The number of nitrogens with zero attached hydrogens (tertiary/aromatic N) is 1. The standard InChI is InChI=1S/C13H20N2O8P2/c1-15(2,9-22-24(16,17)18)6-5-10-8-14-13-4-3-11(7-12(10)13)23-25(19,20)21/h3-4,7-8,14H,5-6,9H2,1-2H3,(H3-,16,17,18,19,20,21)/p+1. The molecule has 0 amide bonds. The number of quaternary nitrogens is 1. The average Bonchev–Trinajstić information content (AvgIpc) is 2.83. The van der Waals surface area contributed by atoms with Crippen LogP contribution in [0.5, 0.6) is 5.75 Å². The minimum Gasteiger partial charge on any atom is -0.404 e. The molecule has 0 spiro atoms. The summed E-state index contributed by atoms with van der Waals surface area (Å²) < 4.78 is 31.1. The maximum absolute atomic E-state index is 11.0. The summed E-state index contributed by atoms with van der Waals surface area (Å²) in [5.74, 6) is 0.0558. The second kappa shape index (κ2) is 7.19. The van der Waals surface area contributed by atoms with Crippen LogP contribution in [0.1, 0.15) is 5.56 Å². The highest BCUT2D eigenvalue weighted by Gasteiger charge is 2.23. The Balaban J connectivity index is 2.11. The summed E-state index contributed by atoms with van der Waals surface area (Å²) in [5.41, 5.74) is 1.67. The fourth-order valence-corrected chi connectivity index (χ4v) is 3.13. The van der Waals surface area contributed by atoms with Gasteiger partial charge in [-0.2, -0.15) is 0 Å². The Kier molecular flexibility index (Phi) is 5.78. The summed E-state index contributed by atoms with van der Waals surface area (Å²) in [6.45, 7) is 0.371. The number of nitrogens with one attached hydrogen (secondary N) is 1. The Labute approximate surface area is 144 Å². The molecule has 0 atom stereocenters. The lowest BCUT2D eigenvalue weighted by atomic mass is 10.1. The highest BCUT2D eigenvalue weighted by molar-refractivity contribution is 7.46. The number of phosphoric acid groups is 2. The second-order valence-corrected chi connectivity index (χ2v) is 8.66. The van der Waals surface area contributed by atoms with Crippen LogP contribution in [-0.2, 0) is 20.1 Å². The molecule has 0 aliphatic carbocycles. The highest BCUT2D eigenvalue weighted by Crippen LogP contribution is 2.39. The fourth-order valence-electron chi connectivity index (χ4n) is 2.28. The van der Waals surface area contributed by atoms with Gasteiger partial charge in [0.15, 0.2) is 6.73 Å². The monoisotopic (exact) mass is 395 g/mol. The van der Waals surface area contributed by atoms with E-state index in [1.54, 1.807) is 26.4 Å². The summed E-state index contributed by atoms with van der Waals surface area (Å²) in [6.07, 6.45) is 2.33. The molecule has 0 saturated heterocycles. The Hall–Kier alpha value is -1.22. The largest absolute Gasteiger partial charge is 0.524 e. The van der Waals surface area contributed by atoms with Crippen LogP contribution in [0, 0.1) is 0 Å². The summed E-state index contributed by atoms with van der Waals surface area (Å²) in [6, 6.07) is 4.64. The Bertz CT molecular complexity index is 838. The van der Waals surface area contributed by atoms with Gasteiger partial charge in [-0.3, -0.25) is 9.79 Å². The maximum Gasteiger partial charge on any atom is 0.524 e. The van der Waals surface area contributed by atoms with Crippen LogP contribution >= 0.6 is 15.6 Å². The summed E-state index contributed by atoms with van der Waals surface area (Å²) in [7, 11) is -5.62. The molecule has 0 bridgehead atoms. The fraction of sp³-hybridized carbons (Fsp3) is 0.385. The molecule has 5 N–H and O–H groups in total. The molecule has 2 rings (SSSR count). The molecule has 1 aromatic heterocycles. The SMILES string of the molecule is C[N+](C)(CCc1c[nH]c2ccc(OP(=O)(O)O)cc12)COP(=O)(O)O. The van der Waals surface area contributed by atoms with Gasteiger partial charge in [-0.05, 0) is 23.8 Å². The number of aromatic amines is 1. The van der Waals surface area contributed by atoms with Crippen molar-refractivity contribution >= 4 is 26.5 Å². The number of hydrogen-bond donors (Lipinski definition) is 5. The quantitative estimate of drug-likeness (QED) is 0.255. The minimum atomic E-state index is -4.63. The second-order valence-electron chi connectivity index (χ2n) is 6.26. The van der Waals surface area contributed by atoms with Crippen molar-refractivity contribution in [3.8, 4) is 5.75 Å². The van der Waals surface area contributed by atoms with Crippen molar-refractivity contribution in [2.75, 3.05) is 27.4 Å². The number of likely N-dealkylation sites (N-methyl/N-ethyl adjacent to an activating group) is 1. The molecular weight excluding hydrogens is 374 g/mol. The van der Waals surface area contributed by atoms with Gasteiger partial charge in [-0.15, -0.1) is 0 Å². The lowest BCUT2D eigenvalue weighted by Crippen LogP contribution is -2.42. The Morgan fingerprint density at radius 3 is 2.40 bits per heavy atom. The van der Waals surface area contributed by atoms with Gasteiger partial charge in [-0.25, -0.2) is 13.7 Å². The lowest BCUT2D eigenvalue weighted by Gasteiger charge is -2.29. The zero-order valence-electron chi connectivity index (χ0n) is 13.7. The summed E-state index contributed by atoms with van der Waals surface area (Å²) >= 11 is 0. The molecule has 0 fully saturated rings. The zero-order valence-corrected chi connectivity index (χ0v) is 15.5. The van der Waals surface area contributed by atoms with Gasteiger partial charge in [-0.1, -0.05) is 0 Å². The minimum absolute atomic E-state index is 0.0558. The molecule has 0 aliphatic rings. The topological polar surface area (TPSA) is 149 Å². The van der Waals surface area contributed by atoms with Crippen LogP contribution < -0.4 is 4.52 Å². The van der Waals surface area contributed by atoms with Crippen molar-refractivity contribution in [1.82, 2.24) is 4.98 Å². The first-order chi connectivity index (χ1) is 11.3. The van der Waals surface area contributed by atoms with E-state index in [0.29, 0.717) is 13.0 Å². The molecule has 25 heavy (non-hydrogen) atoms. The van der Waals surface area contributed by atoms with E-state index in [4.69, 9.17) is 19.6 Å². The van der Waals surface area contributed by atoms with E-state index in [1.807, 2.05) is 0 Å². The average molecular weight is 395 g/mol. The normalized spacial score (nSPS) is 13.4. The van der Waals surface area contributed by atoms with E-state index in [0.717, 1.165) is 16.5 Å². The first-order valence-electron chi connectivity index (χ1n) is 7.22. The summed E-state index contributed by atoms with van der Waals surface area (Å²) in [4.78, 5) is 38.4. The zero-order chi connectivity index (χ0) is 18.9. The van der Waals surface area contributed by atoms with Crippen molar-refractivity contribution in [2.24, 2.45) is 0 Å². The van der Waals surface area contributed by atoms with Crippen molar-refractivity contribution < 1.29 is 42.2 Å². The van der Waals surface area contributed by atoms with Gasteiger partial charge >= 0.3 is 15.6 Å². The molecule has 1 heterocycles. The van der Waals surface area contributed by atoms with Gasteiger partial charge in [0.1, 0.15) is 5.75 Å². The van der Waals surface area contributed by atoms with Crippen LogP contribution in [0.4, 0.5) is 0 Å². The lowest BCUT2D eigenvalue weighted by molar-refractivity contribution is -0.906. The Morgan fingerprint density at radius 2 is 1.80 bits per heavy atom. The van der Waals surface area contributed by atoms with E-state index < -0.39 is 15.6 Å². The van der Waals surface area contributed by atoms with Gasteiger partial charge < -0.3 is 23.8 Å². The van der Waals surface area contributed by atoms with E-state index in [9.17, 15) is 9.13 Å². The molecular formula is C13H21N2O8P2+. The molecule has 1 aromatic carbocycles. The number of fused-ring (bicyclic) bond motifs is 1. The Morgan fingerprint density at radius 1 is 1.12 bits per heavy atom. The molecule has 2 aromatic rings. The van der Waals surface area contributed by atoms with Crippen molar-refractivity contribution in [1.29, 1.82) is 0 Å². The van der Waals surface area contributed by atoms with Crippen molar-refractivity contribution in [3.63, 3.8) is 0 Å². The first-order valence-corrected chi connectivity index (χ1v) is 10.3. The molecule has 0 saturated carbocycles. The molecule has 0 aliphatic heterocycles. The van der Waals surface area contributed by atoms with Crippen LogP contribution in [-0.4, -0.2) is 56.4 Å². The molecule has 10 nitrogen and oxygen atoms in total. The van der Waals surface area contributed by atoms with Gasteiger partial charge in [0.2, 0.25) is 0 Å². The van der Waals surface area contributed by atoms with E-state index in [-0.39, 0.29) is 17.0 Å². The number of H-pyrrole nitrogens is 1. The van der Waals surface area contributed by atoms with Gasteiger partial charge in [0.25, 0.3) is 0 Å². The van der Waals surface area contributed by atoms with Crippen LogP contribution in [0.25, 0.3) is 10.9 Å². The maximum atomic E-state index is 11.0. The van der Waals surface area contributed by atoms with Crippen molar-refractivity contribution in [2.45, 2.75) is 6.42 Å². The molecule has 0 unspecified atom stereocenters.